The number of benzene rings is 1. The zero-order valence-corrected chi connectivity index (χ0v) is 15.6. The molecule has 3 N–H and O–H groups in total. The van der Waals surface area contributed by atoms with Crippen LogP contribution in [-0.2, 0) is 9.63 Å². The van der Waals surface area contributed by atoms with Gasteiger partial charge in [-0.25, -0.2) is 0 Å². The average molecular weight is 394 g/mol. The molecular weight excluding hydrogens is 370 g/mol. The summed E-state index contributed by atoms with van der Waals surface area (Å²) in [5.74, 6) is -0.357. The number of nitrogens with zero attached hydrogens (tertiary/aromatic N) is 1. The van der Waals surface area contributed by atoms with Crippen LogP contribution < -0.4 is 0 Å². The number of carboxylic acid groups (broad SMARTS) is 1. The first kappa shape index (κ1) is 19.9. The number of hydrogen-bond donors (Lipinski definition) is 3. The number of oxime groups is 1. The van der Waals surface area contributed by atoms with E-state index in [1.807, 2.05) is 6.08 Å². The van der Waals surface area contributed by atoms with Crippen LogP contribution in [0, 0.1) is 17.8 Å². The molecule has 0 aromatic heterocycles. The van der Waals surface area contributed by atoms with Crippen LogP contribution in [-0.4, -0.2) is 39.7 Å². The molecule has 0 bridgehead atoms. The monoisotopic (exact) mass is 393 g/mol. The Hall–Kier alpha value is -1.89. The maximum absolute atomic E-state index is 10.5. The van der Waals surface area contributed by atoms with Gasteiger partial charge in [-0.15, -0.1) is 0 Å². The summed E-state index contributed by atoms with van der Waals surface area (Å²) < 4.78 is 0. The van der Waals surface area contributed by atoms with Gasteiger partial charge in [-0.2, -0.15) is 0 Å². The lowest BCUT2D eigenvalue weighted by atomic mass is 9.71. The SMILES string of the molecule is O=C(O)CCCON=C1C[C@H]2C(C=CC(O)c3ccc(Cl)cc3)C(O)C[C@H]12. The summed E-state index contributed by atoms with van der Waals surface area (Å²) in [4.78, 5) is 15.7. The number of aliphatic hydroxyl groups excluding tert-OH is 2. The molecule has 0 aliphatic heterocycles. The molecule has 0 spiro atoms. The van der Waals surface area contributed by atoms with Crippen LogP contribution in [0.5, 0.6) is 0 Å². The Morgan fingerprint density at radius 1 is 1.37 bits per heavy atom. The number of halogens is 1. The van der Waals surface area contributed by atoms with Crippen molar-refractivity contribution in [2.45, 2.75) is 37.9 Å². The Balaban J connectivity index is 1.51. The second-order valence-electron chi connectivity index (χ2n) is 7.15. The lowest BCUT2D eigenvalue weighted by Crippen LogP contribution is -2.36. The molecule has 0 saturated heterocycles. The summed E-state index contributed by atoms with van der Waals surface area (Å²) >= 11 is 5.86. The Morgan fingerprint density at radius 3 is 2.81 bits per heavy atom. The van der Waals surface area contributed by atoms with Gasteiger partial charge in [-0.3, -0.25) is 4.79 Å². The smallest absolute Gasteiger partial charge is 0.303 e. The van der Waals surface area contributed by atoms with Crippen LogP contribution in [0.25, 0.3) is 0 Å². The number of carboxylic acids is 1. The van der Waals surface area contributed by atoms with Crippen LogP contribution in [0.4, 0.5) is 0 Å². The molecule has 3 rings (SSSR count). The van der Waals surface area contributed by atoms with E-state index in [9.17, 15) is 15.0 Å². The summed E-state index contributed by atoms with van der Waals surface area (Å²) in [6, 6.07) is 7.03. The maximum Gasteiger partial charge on any atom is 0.303 e. The third-order valence-electron chi connectivity index (χ3n) is 5.36. The zero-order chi connectivity index (χ0) is 19.4. The normalized spacial score (nSPS) is 29.5. The van der Waals surface area contributed by atoms with E-state index in [1.165, 1.54) is 0 Å². The summed E-state index contributed by atoms with van der Waals surface area (Å²) in [5, 5.41) is 34.0. The van der Waals surface area contributed by atoms with E-state index in [1.54, 1.807) is 30.3 Å². The highest BCUT2D eigenvalue weighted by atomic mass is 35.5. The third-order valence-corrected chi connectivity index (χ3v) is 5.61. The van der Waals surface area contributed by atoms with Gasteiger partial charge in [-0.05, 0) is 42.9 Å². The number of carbonyl (C=O) groups is 1. The largest absolute Gasteiger partial charge is 0.481 e. The molecule has 5 atom stereocenters. The summed E-state index contributed by atoms with van der Waals surface area (Å²) in [6.07, 6.45) is 4.30. The van der Waals surface area contributed by atoms with E-state index < -0.39 is 18.2 Å². The van der Waals surface area contributed by atoms with Gasteiger partial charge >= 0.3 is 5.97 Å². The van der Waals surface area contributed by atoms with E-state index in [0.717, 1.165) is 17.7 Å². The Labute approximate surface area is 163 Å². The van der Waals surface area contributed by atoms with Crippen molar-refractivity contribution in [1.82, 2.24) is 0 Å². The Morgan fingerprint density at radius 2 is 2.11 bits per heavy atom. The first-order valence-electron chi connectivity index (χ1n) is 9.16. The quantitative estimate of drug-likeness (QED) is 0.358. The molecule has 2 aliphatic rings. The molecule has 6 nitrogen and oxygen atoms in total. The van der Waals surface area contributed by atoms with Crippen molar-refractivity contribution in [3.05, 3.63) is 47.0 Å². The molecule has 146 valence electrons. The molecule has 7 heteroatoms. The van der Waals surface area contributed by atoms with E-state index >= 15 is 0 Å². The molecule has 2 fully saturated rings. The topological polar surface area (TPSA) is 99.4 Å². The van der Waals surface area contributed by atoms with E-state index in [2.05, 4.69) is 5.16 Å². The maximum atomic E-state index is 10.5. The fraction of sp³-hybridized carbons (Fsp3) is 0.500. The minimum absolute atomic E-state index is 0.0112. The van der Waals surface area contributed by atoms with Crippen molar-refractivity contribution in [2.75, 3.05) is 6.61 Å². The van der Waals surface area contributed by atoms with Crippen LogP contribution in [0.15, 0.2) is 41.6 Å². The van der Waals surface area contributed by atoms with E-state index in [4.69, 9.17) is 21.5 Å². The van der Waals surface area contributed by atoms with Gasteiger partial charge in [0.15, 0.2) is 0 Å². The fourth-order valence-corrected chi connectivity index (χ4v) is 3.96. The second kappa shape index (κ2) is 8.87. The van der Waals surface area contributed by atoms with Crippen LogP contribution in [0.3, 0.4) is 0 Å². The van der Waals surface area contributed by atoms with Gasteiger partial charge in [0.05, 0.1) is 17.9 Å². The molecule has 1 aromatic carbocycles. The number of aliphatic hydroxyl groups is 2. The van der Waals surface area contributed by atoms with Crippen molar-refractivity contribution in [3.63, 3.8) is 0 Å². The molecular formula is C20H24ClNO5. The van der Waals surface area contributed by atoms with E-state index in [0.29, 0.717) is 23.8 Å². The minimum Gasteiger partial charge on any atom is -0.481 e. The lowest BCUT2D eigenvalue weighted by molar-refractivity contribution is -0.137. The Kier molecular flexibility index (Phi) is 6.52. The van der Waals surface area contributed by atoms with Gasteiger partial charge < -0.3 is 20.2 Å². The highest BCUT2D eigenvalue weighted by molar-refractivity contribution is 6.30. The molecule has 3 unspecified atom stereocenters. The molecule has 0 amide bonds. The summed E-state index contributed by atoms with van der Waals surface area (Å²) in [6.45, 7) is 0.284. The average Bonchev–Trinajstić information content (AvgIpc) is 2.87. The first-order valence-corrected chi connectivity index (χ1v) is 9.54. The van der Waals surface area contributed by atoms with Crippen molar-refractivity contribution in [1.29, 1.82) is 0 Å². The number of aliphatic carboxylic acids is 1. The zero-order valence-electron chi connectivity index (χ0n) is 14.9. The highest BCUT2D eigenvalue weighted by Gasteiger charge is 2.51. The number of rotatable bonds is 8. The van der Waals surface area contributed by atoms with E-state index in [-0.39, 0.29) is 24.9 Å². The third kappa shape index (κ3) is 4.89. The summed E-state index contributed by atoms with van der Waals surface area (Å²) in [7, 11) is 0. The first-order chi connectivity index (χ1) is 13.0. The van der Waals surface area contributed by atoms with Gasteiger partial charge in [0.25, 0.3) is 0 Å². The minimum atomic E-state index is -0.843. The summed E-state index contributed by atoms with van der Waals surface area (Å²) in [5.41, 5.74) is 1.69. The van der Waals surface area contributed by atoms with Crippen LogP contribution in [0.1, 0.15) is 37.4 Å². The highest BCUT2D eigenvalue weighted by Crippen LogP contribution is 2.49. The number of fused-ring (bicyclic) bond motifs is 1. The van der Waals surface area contributed by atoms with Crippen molar-refractivity contribution >= 4 is 23.3 Å². The Bertz CT molecular complexity index is 718. The molecule has 1 aromatic rings. The van der Waals surface area contributed by atoms with Gasteiger partial charge in [0.1, 0.15) is 6.61 Å². The molecule has 2 saturated carbocycles. The predicted octanol–water partition coefficient (Wildman–Crippen LogP) is 3.18. The second-order valence-corrected chi connectivity index (χ2v) is 7.59. The van der Waals surface area contributed by atoms with Gasteiger partial charge in [-0.1, -0.05) is 41.0 Å². The van der Waals surface area contributed by atoms with Crippen molar-refractivity contribution < 1.29 is 25.0 Å². The van der Waals surface area contributed by atoms with Crippen LogP contribution >= 0.6 is 11.6 Å². The van der Waals surface area contributed by atoms with Crippen LogP contribution in [0.2, 0.25) is 5.02 Å². The molecule has 0 heterocycles. The molecule has 27 heavy (non-hydrogen) atoms. The predicted molar refractivity (Wildman–Crippen MR) is 102 cm³/mol. The lowest BCUT2D eigenvalue weighted by Gasteiger charge is -2.34. The number of hydrogen-bond acceptors (Lipinski definition) is 5. The van der Waals surface area contributed by atoms with Gasteiger partial charge in [0, 0.05) is 23.3 Å². The van der Waals surface area contributed by atoms with Crippen molar-refractivity contribution in [3.8, 4) is 0 Å². The standard InChI is InChI=1S/C20H24ClNO5/c21-13-5-3-12(4-6-13)18(23)8-7-14-15-10-17(16(15)11-19(14)24)22-27-9-1-2-20(25)26/h3-8,14-16,18-19,23-24H,1-2,9-11H2,(H,25,26)/t14?,15-,16-,18?,19?/m0/s1. The van der Waals surface area contributed by atoms with Crippen molar-refractivity contribution in [2.24, 2.45) is 22.9 Å². The molecule has 0 radical (unpaired) electrons. The van der Waals surface area contributed by atoms with Gasteiger partial charge in [0.2, 0.25) is 0 Å². The fourth-order valence-electron chi connectivity index (χ4n) is 3.84. The molecule has 2 aliphatic carbocycles.